The molecular formula is C24H24F5N3O. The van der Waals surface area contributed by atoms with Crippen molar-refractivity contribution in [3.63, 3.8) is 0 Å². The second-order valence-electron chi connectivity index (χ2n) is 8.66. The lowest BCUT2D eigenvalue weighted by molar-refractivity contribution is -0.140. The number of hydrogen-bond acceptors (Lipinski definition) is 3. The molecule has 3 aromatic rings. The largest absolute Gasteiger partial charge is 0.419 e. The molecule has 1 aliphatic rings. The van der Waals surface area contributed by atoms with E-state index in [2.05, 4.69) is 18.7 Å². The van der Waals surface area contributed by atoms with Gasteiger partial charge in [0.2, 0.25) is 5.91 Å². The number of rotatable bonds is 3. The Morgan fingerprint density at radius 3 is 2.36 bits per heavy atom. The van der Waals surface area contributed by atoms with Crippen LogP contribution in [0.15, 0.2) is 42.6 Å². The number of carbonyl (C=O) groups is 1. The van der Waals surface area contributed by atoms with Crippen molar-refractivity contribution in [2.24, 2.45) is 0 Å². The van der Waals surface area contributed by atoms with E-state index < -0.39 is 35.7 Å². The van der Waals surface area contributed by atoms with Crippen LogP contribution in [0.25, 0.3) is 10.9 Å². The van der Waals surface area contributed by atoms with Crippen LogP contribution in [0.4, 0.5) is 27.6 Å². The van der Waals surface area contributed by atoms with E-state index in [1.807, 2.05) is 11.9 Å². The molecule has 1 fully saturated rings. The minimum absolute atomic E-state index is 0.196. The standard InChI is InChI=1S/C24H24F5N3O/c1-14-12-31(13-15(2)30(14)3)21-11-20-16(9-19(21)25)7-8-32(20)22(33)10-17-5-4-6-18(23(17)26)24(27,28)29/h4-9,11,14-15H,10,12-13H2,1-3H3. The maximum Gasteiger partial charge on any atom is 0.419 e. The fourth-order valence-electron chi connectivity index (χ4n) is 4.39. The molecule has 2 heterocycles. The van der Waals surface area contributed by atoms with Crippen LogP contribution in [0.5, 0.6) is 0 Å². The van der Waals surface area contributed by atoms with E-state index in [4.69, 9.17) is 0 Å². The Morgan fingerprint density at radius 2 is 1.73 bits per heavy atom. The molecule has 1 aromatic heterocycles. The van der Waals surface area contributed by atoms with Gasteiger partial charge in [-0.15, -0.1) is 0 Å². The third-order valence-electron chi connectivity index (χ3n) is 6.45. The number of aromatic nitrogens is 1. The number of fused-ring (bicyclic) bond motifs is 1. The molecule has 0 bridgehead atoms. The first-order valence-electron chi connectivity index (χ1n) is 10.6. The van der Waals surface area contributed by atoms with Crippen LogP contribution in [-0.2, 0) is 12.6 Å². The van der Waals surface area contributed by atoms with Gasteiger partial charge in [0, 0.05) is 36.8 Å². The van der Waals surface area contributed by atoms with Crippen LogP contribution in [0, 0.1) is 11.6 Å². The van der Waals surface area contributed by atoms with Crippen molar-refractivity contribution < 1.29 is 26.7 Å². The topological polar surface area (TPSA) is 28.5 Å². The van der Waals surface area contributed by atoms with Gasteiger partial charge in [-0.3, -0.25) is 14.3 Å². The smallest absolute Gasteiger partial charge is 0.366 e. The summed E-state index contributed by atoms with van der Waals surface area (Å²) in [4.78, 5) is 17.1. The fourth-order valence-corrected chi connectivity index (χ4v) is 4.39. The van der Waals surface area contributed by atoms with Crippen LogP contribution in [0.3, 0.4) is 0 Å². The first-order chi connectivity index (χ1) is 15.5. The third-order valence-corrected chi connectivity index (χ3v) is 6.45. The number of halogens is 5. The summed E-state index contributed by atoms with van der Waals surface area (Å²) in [5.74, 6) is -2.48. The van der Waals surface area contributed by atoms with E-state index in [1.165, 1.54) is 16.8 Å². The Hall–Kier alpha value is -2.94. The molecule has 0 spiro atoms. The summed E-state index contributed by atoms with van der Waals surface area (Å²) >= 11 is 0. The van der Waals surface area contributed by atoms with E-state index in [1.54, 1.807) is 12.1 Å². The first-order valence-corrected chi connectivity index (χ1v) is 10.6. The minimum atomic E-state index is -4.85. The summed E-state index contributed by atoms with van der Waals surface area (Å²) in [6.45, 7) is 5.31. The lowest BCUT2D eigenvalue weighted by Gasteiger charge is -2.43. The maximum absolute atomic E-state index is 14.9. The van der Waals surface area contributed by atoms with E-state index in [0.717, 1.165) is 12.1 Å². The van der Waals surface area contributed by atoms with Crippen molar-refractivity contribution in [1.29, 1.82) is 0 Å². The van der Waals surface area contributed by atoms with Crippen LogP contribution in [0.2, 0.25) is 0 Å². The number of alkyl halides is 3. The van der Waals surface area contributed by atoms with Crippen LogP contribution >= 0.6 is 0 Å². The third kappa shape index (κ3) is 4.34. The second-order valence-corrected chi connectivity index (χ2v) is 8.66. The van der Waals surface area contributed by atoms with Gasteiger partial charge in [-0.2, -0.15) is 13.2 Å². The quantitative estimate of drug-likeness (QED) is 0.489. The number of carbonyl (C=O) groups excluding carboxylic acids is 1. The van der Waals surface area contributed by atoms with Gasteiger partial charge in [0.15, 0.2) is 0 Å². The van der Waals surface area contributed by atoms with Crippen molar-refractivity contribution in [3.8, 4) is 0 Å². The van der Waals surface area contributed by atoms with Crippen molar-refractivity contribution in [3.05, 3.63) is 65.4 Å². The zero-order valence-corrected chi connectivity index (χ0v) is 18.5. The van der Waals surface area contributed by atoms with Crippen LogP contribution in [0.1, 0.15) is 29.8 Å². The first kappa shape index (κ1) is 23.2. The highest BCUT2D eigenvalue weighted by Gasteiger charge is 2.35. The van der Waals surface area contributed by atoms with Gasteiger partial charge >= 0.3 is 6.18 Å². The van der Waals surface area contributed by atoms with Gasteiger partial charge < -0.3 is 4.90 Å². The van der Waals surface area contributed by atoms with E-state index in [-0.39, 0.29) is 17.6 Å². The lowest BCUT2D eigenvalue weighted by atomic mass is 10.1. The van der Waals surface area contributed by atoms with Gasteiger partial charge in [-0.25, -0.2) is 8.78 Å². The molecule has 2 atom stereocenters. The van der Waals surface area contributed by atoms with Gasteiger partial charge in [0.1, 0.15) is 11.6 Å². The van der Waals surface area contributed by atoms with E-state index in [9.17, 15) is 26.7 Å². The highest BCUT2D eigenvalue weighted by Crippen LogP contribution is 2.33. The van der Waals surface area contributed by atoms with Crippen LogP contribution < -0.4 is 4.90 Å². The molecule has 0 amide bonds. The lowest BCUT2D eigenvalue weighted by Crippen LogP contribution is -2.55. The van der Waals surface area contributed by atoms with Crippen molar-refractivity contribution in [1.82, 2.24) is 9.47 Å². The number of likely N-dealkylation sites (N-methyl/N-ethyl adjacent to an activating group) is 1. The molecule has 0 saturated carbocycles. The molecule has 1 aliphatic heterocycles. The number of anilines is 1. The molecule has 2 aromatic carbocycles. The molecule has 176 valence electrons. The molecule has 0 N–H and O–H groups in total. The summed E-state index contributed by atoms with van der Waals surface area (Å²) < 4.78 is 69.6. The Balaban J connectivity index is 1.67. The van der Waals surface area contributed by atoms with E-state index in [0.29, 0.717) is 35.7 Å². The van der Waals surface area contributed by atoms with Crippen LogP contribution in [-0.4, -0.2) is 47.6 Å². The molecule has 4 rings (SSSR count). The Labute approximate surface area is 188 Å². The average molecular weight is 465 g/mol. The zero-order chi connectivity index (χ0) is 24.1. The molecule has 9 heteroatoms. The number of piperazine rings is 1. The van der Waals surface area contributed by atoms with Crippen molar-refractivity contribution in [2.45, 2.75) is 38.5 Å². The minimum Gasteiger partial charge on any atom is -0.366 e. The number of hydrogen-bond donors (Lipinski definition) is 0. The number of benzene rings is 2. The Kier molecular flexibility index (Phi) is 5.94. The normalized spacial score (nSPS) is 19.9. The van der Waals surface area contributed by atoms with E-state index >= 15 is 0 Å². The highest BCUT2D eigenvalue weighted by molar-refractivity contribution is 5.95. The van der Waals surface area contributed by atoms with Crippen molar-refractivity contribution in [2.75, 3.05) is 25.0 Å². The molecule has 4 nitrogen and oxygen atoms in total. The molecule has 2 unspecified atom stereocenters. The predicted molar refractivity (Wildman–Crippen MR) is 117 cm³/mol. The SMILES string of the molecule is CC1CN(c2cc3c(ccn3C(=O)Cc3cccc(C(F)(F)F)c3F)cc2F)CC(C)N1C. The summed E-state index contributed by atoms with van der Waals surface area (Å²) in [5.41, 5.74) is -0.983. The molecule has 1 saturated heterocycles. The fraction of sp³-hybridized carbons (Fsp3) is 0.375. The second kappa shape index (κ2) is 8.44. The molecule has 0 aliphatic carbocycles. The Morgan fingerprint density at radius 1 is 1.06 bits per heavy atom. The number of nitrogens with zero attached hydrogens (tertiary/aromatic N) is 3. The van der Waals surface area contributed by atoms with Gasteiger partial charge in [-0.1, -0.05) is 12.1 Å². The molecule has 0 radical (unpaired) electrons. The average Bonchev–Trinajstić information content (AvgIpc) is 3.14. The zero-order valence-electron chi connectivity index (χ0n) is 18.5. The molecular weight excluding hydrogens is 441 g/mol. The highest BCUT2D eigenvalue weighted by atomic mass is 19.4. The maximum atomic E-state index is 14.9. The predicted octanol–water partition coefficient (Wildman–Crippen LogP) is 5.35. The summed E-state index contributed by atoms with van der Waals surface area (Å²) in [7, 11) is 2.02. The summed E-state index contributed by atoms with van der Waals surface area (Å²) in [6, 6.07) is 7.74. The molecule has 33 heavy (non-hydrogen) atoms. The monoisotopic (exact) mass is 465 g/mol. The Bertz CT molecular complexity index is 1190. The van der Waals surface area contributed by atoms with Crippen molar-refractivity contribution >= 4 is 22.5 Å². The van der Waals surface area contributed by atoms with Gasteiger partial charge in [0.05, 0.1) is 23.2 Å². The summed E-state index contributed by atoms with van der Waals surface area (Å²) in [6.07, 6.45) is -3.99. The van der Waals surface area contributed by atoms with Gasteiger partial charge in [-0.05, 0) is 50.7 Å². The summed E-state index contributed by atoms with van der Waals surface area (Å²) in [5, 5.41) is 0.476. The van der Waals surface area contributed by atoms with Gasteiger partial charge in [0.25, 0.3) is 0 Å².